The van der Waals surface area contributed by atoms with Crippen molar-refractivity contribution in [3.63, 3.8) is 0 Å². The number of nitrogens with zero attached hydrogens (tertiary/aromatic N) is 1. The number of benzene rings is 2. The fourth-order valence-corrected chi connectivity index (χ4v) is 5.08. The highest BCUT2D eigenvalue weighted by Gasteiger charge is 2.44. The molecule has 0 unspecified atom stereocenters. The molecule has 2 atom stereocenters. The lowest BCUT2D eigenvalue weighted by Gasteiger charge is -2.40. The van der Waals surface area contributed by atoms with Gasteiger partial charge in [-0.05, 0) is 77.6 Å². The number of allylic oxidation sites excluding steroid dienone is 4. The number of aliphatic hydroxyl groups is 1. The van der Waals surface area contributed by atoms with E-state index >= 15 is 0 Å². The Morgan fingerprint density at radius 2 is 1.84 bits per heavy atom. The molecule has 8 heteroatoms. The number of carbonyl (C=O) groups is 2. The van der Waals surface area contributed by atoms with E-state index in [-0.39, 0.29) is 41.3 Å². The van der Waals surface area contributed by atoms with Gasteiger partial charge in [-0.25, -0.2) is 4.79 Å². The van der Waals surface area contributed by atoms with Crippen LogP contribution in [0.2, 0.25) is 0 Å². The van der Waals surface area contributed by atoms with Crippen molar-refractivity contribution >= 4 is 17.6 Å². The number of aromatic hydroxyl groups is 2. The summed E-state index contributed by atoms with van der Waals surface area (Å²) in [5.41, 5.74) is 2.97. The summed E-state index contributed by atoms with van der Waals surface area (Å²) in [6.07, 6.45) is 6.91. The predicted octanol–water partition coefficient (Wildman–Crippen LogP) is 5.48. The first-order valence-corrected chi connectivity index (χ1v) is 12.8. The molecule has 2 aliphatic heterocycles. The maximum Gasteiger partial charge on any atom is 0.335 e. The van der Waals surface area contributed by atoms with E-state index in [1.54, 1.807) is 0 Å². The first-order chi connectivity index (χ1) is 17.9. The van der Waals surface area contributed by atoms with Crippen LogP contribution in [0, 0.1) is 0 Å². The number of fused-ring (bicyclic) bond motifs is 3. The topological polar surface area (TPSA) is 128 Å². The Morgan fingerprint density at radius 3 is 2.50 bits per heavy atom. The van der Waals surface area contributed by atoms with Gasteiger partial charge in [0.1, 0.15) is 22.8 Å². The van der Waals surface area contributed by atoms with E-state index in [4.69, 9.17) is 4.74 Å². The molecule has 0 saturated heterocycles. The lowest BCUT2D eigenvalue weighted by molar-refractivity contribution is -0.0597. The number of ether oxygens (including phenoxy) is 1. The first kappa shape index (κ1) is 27.3. The van der Waals surface area contributed by atoms with Crippen molar-refractivity contribution in [2.75, 3.05) is 4.90 Å². The van der Waals surface area contributed by atoms with Crippen LogP contribution in [0.15, 0.2) is 47.6 Å². The maximum absolute atomic E-state index is 13.3. The number of aliphatic hydroxyl groups excluding tert-OH is 1. The minimum atomic E-state index is -1.19. The molecule has 0 fully saturated rings. The van der Waals surface area contributed by atoms with Gasteiger partial charge in [0.15, 0.2) is 0 Å². The molecule has 0 aliphatic carbocycles. The molecular formula is C30H35NO7. The van der Waals surface area contributed by atoms with Gasteiger partial charge in [-0.1, -0.05) is 23.3 Å². The van der Waals surface area contributed by atoms with Crippen molar-refractivity contribution in [2.24, 2.45) is 0 Å². The zero-order valence-corrected chi connectivity index (χ0v) is 22.2. The number of anilines is 1. The van der Waals surface area contributed by atoms with Crippen LogP contribution in [0.5, 0.6) is 17.2 Å². The van der Waals surface area contributed by atoms with Crippen molar-refractivity contribution in [1.82, 2.24) is 0 Å². The average Bonchev–Trinajstić information content (AvgIpc) is 3.16. The predicted molar refractivity (Wildman–Crippen MR) is 144 cm³/mol. The molecule has 0 saturated carbocycles. The molecule has 0 spiro atoms. The number of carboxylic acids is 1. The second-order valence-electron chi connectivity index (χ2n) is 10.7. The highest BCUT2D eigenvalue weighted by molar-refractivity contribution is 6.12. The summed E-state index contributed by atoms with van der Waals surface area (Å²) in [5.74, 6) is -1.71. The van der Waals surface area contributed by atoms with Crippen molar-refractivity contribution in [1.29, 1.82) is 0 Å². The molecule has 4 N–H and O–H groups in total. The third-order valence-corrected chi connectivity index (χ3v) is 7.43. The first-order valence-electron chi connectivity index (χ1n) is 12.8. The number of carboxylic acid groups (broad SMARTS) is 1. The molecule has 2 aromatic carbocycles. The normalized spacial score (nSPS) is 20.6. The van der Waals surface area contributed by atoms with Crippen molar-refractivity contribution in [3.8, 4) is 17.2 Å². The molecule has 1 amide bonds. The minimum absolute atomic E-state index is 0.0757. The number of carbonyl (C=O) groups excluding carboxylic acids is 1. The van der Waals surface area contributed by atoms with Crippen LogP contribution in [-0.4, -0.2) is 44.0 Å². The number of amides is 1. The highest BCUT2D eigenvalue weighted by atomic mass is 16.5. The molecular weight excluding hydrogens is 486 g/mol. The third-order valence-electron chi connectivity index (χ3n) is 7.43. The van der Waals surface area contributed by atoms with E-state index in [1.165, 1.54) is 34.2 Å². The largest absolute Gasteiger partial charge is 0.508 e. The van der Waals surface area contributed by atoms with Gasteiger partial charge in [0.2, 0.25) is 0 Å². The van der Waals surface area contributed by atoms with Gasteiger partial charge in [-0.15, -0.1) is 0 Å². The Morgan fingerprint density at radius 1 is 1.11 bits per heavy atom. The molecule has 2 aromatic rings. The zero-order valence-electron chi connectivity index (χ0n) is 22.2. The Bertz CT molecular complexity index is 1340. The second-order valence-corrected chi connectivity index (χ2v) is 10.7. The number of phenols is 2. The number of rotatable bonds is 8. The summed E-state index contributed by atoms with van der Waals surface area (Å²) in [6, 6.07) is 5.17. The van der Waals surface area contributed by atoms with E-state index in [1.807, 2.05) is 6.92 Å². The van der Waals surface area contributed by atoms with Crippen molar-refractivity contribution in [3.05, 3.63) is 69.8 Å². The van der Waals surface area contributed by atoms with E-state index < -0.39 is 23.6 Å². The second kappa shape index (κ2) is 10.5. The summed E-state index contributed by atoms with van der Waals surface area (Å²) in [4.78, 5) is 25.8. The summed E-state index contributed by atoms with van der Waals surface area (Å²) in [7, 11) is 0. The number of phenolic OH excluding ortho intramolecular Hbond substituents is 2. The summed E-state index contributed by atoms with van der Waals surface area (Å²) in [5, 5.41) is 41.3. The van der Waals surface area contributed by atoms with Crippen LogP contribution in [-0.2, 0) is 13.0 Å². The van der Waals surface area contributed by atoms with Crippen LogP contribution in [0.25, 0.3) is 0 Å². The molecule has 0 bridgehead atoms. The molecule has 2 heterocycles. The fraction of sp³-hybridized carbons (Fsp3) is 0.400. The highest BCUT2D eigenvalue weighted by Crippen LogP contribution is 2.47. The van der Waals surface area contributed by atoms with Crippen molar-refractivity contribution in [2.45, 2.75) is 78.0 Å². The lowest BCUT2D eigenvalue weighted by atomic mass is 9.84. The van der Waals surface area contributed by atoms with Crippen LogP contribution in [0.1, 0.15) is 85.2 Å². The number of hydrogen-bond acceptors (Lipinski definition) is 6. The monoisotopic (exact) mass is 521 g/mol. The van der Waals surface area contributed by atoms with Crippen LogP contribution < -0.4 is 9.64 Å². The van der Waals surface area contributed by atoms with Gasteiger partial charge in [0.25, 0.3) is 5.91 Å². The molecule has 38 heavy (non-hydrogen) atoms. The molecule has 0 aromatic heterocycles. The Hall–Kier alpha value is -3.78. The van der Waals surface area contributed by atoms with Gasteiger partial charge < -0.3 is 30.1 Å². The molecule has 202 valence electrons. The lowest BCUT2D eigenvalue weighted by Crippen LogP contribution is -2.49. The standard InChI is InChI=1S/C30H35NO7/c1-17(2)7-5-8-18(3)9-6-12-30(4)26(34)15-21-24(32)14-20-22(27(21)38-30)16-31(28(20)35)23-11-10-19(29(36)37)13-25(23)33/h7,9-11,13-14,26,32-34H,5-6,8,12,15-16H2,1-4H3,(H,36,37)/b18-9+/t26-,30-/m0/s1. The van der Waals surface area contributed by atoms with E-state index in [0.29, 0.717) is 29.7 Å². The van der Waals surface area contributed by atoms with Gasteiger partial charge in [0.05, 0.1) is 29.5 Å². The number of hydrogen-bond donors (Lipinski definition) is 4. The SMILES string of the molecule is CC(C)=CCC/C(C)=C/CC[C@]1(C)Oc2c(c(O)cc3c2CN(c2ccc(C(=O)O)cc2O)C3=O)C[C@@H]1O. The van der Waals surface area contributed by atoms with Crippen LogP contribution in [0.4, 0.5) is 5.69 Å². The minimum Gasteiger partial charge on any atom is -0.508 e. The van der Waals surface area contributed by atoms with Crippen LogP contribution in [0.3, 0.4) is 0 Å². The third kappa shape index (κ3) is 5.27. The van der Waals surface area contributed by atoms with Gasteiger partial charge in [-0.3, -0.25) is 4.79 Å². The maximum atomic E-state index is 13.3. The van der Waals surface area contributed by atoms with E-state index in [2.05, 4.69) is 32.9 Å². The Balaban J connectivity index is 1.58. The molecule has 0 radical (unpaired) electrons. The summed E-state index contributed by atoms with van der Waals surface area (Å²) in [6.45, 7) is 8.18. The zero-order chi connectivity index (χ0) is 27.8. The molecule has 2 aliphatic rings. The quantitative estimate of drug-likeness (QED) is 0.339. The Kier molecular flexibility index (Phi) is 7.56. The summed E-state index contributed by atoms with van der Waals surface area (Å²) < 4.78 is 6.40. The van der Waals surface area contributed by atoms with Gasteiger partial charge in [-0.2, -0.15) is 0 Å². The van der Waals surface area contributed by atoms with Gasteiger partial charge >= 0.3 is 5.97 Å². The van der Waals surface area contributed by atoms with Crippen molar-refractivity contribution < 1.29 is 34.8 Å². The fourth-order valence-electron chi connectivity index (χ4n) is 5.08. The smallest absolute Gasteiger partial charge is 0.335 e. The summed E-state index contributed by atoms with van der Waals surface area (Å²) >= 11 is 0. The number of aromatic carboxylic acids is 1. The molecule has 4 rings (SSSR count). The van der Waals surface area contributed by atoms with Crippen LogP contribution >= 0.6 is 0 Å². The molecule has 8 nitrogen and oxygen atoms in total. The van der Waals surface area contributed by atoms with E-state index in [9.17, 15) is 30.0 Å². The Labute approximate surface area is 222 Å². The average molecular weight is 522 g/mol. The van der Waals surface area contributed by atoms with Gasteiger partial charge in [0, 0.05) is 17.5 Å². The van der Waals surface area contributed by atoms with E-state index in [0.717, 1.165) is 18.9 Å².